The molecule has 0 atom stereocenters. The van der Waals surface area contributed by atoms with E-state index >= 15 is 0 Å². The second kappa shape index (κ2) is 3.93. The molecule has 1 aromatic heterocycles. The molecule has 0 bridgehead atoms. The van der Waals surface area contributed by atoms with Crippen molar-refractivity contribution in [1.82, 2.24) is 4.37 Å². The summed E-state index contributed by atoms with van der Waals surface area (Å²) in [5.74, 6) is 1.08. The Morgan fingerprint density at radius 1 is 1.07 bits per heavy atom. The Balaban J connectivity index is 2.75. The maximum Gasteiger partial charge on any atom is 0.0649 e. The maximum atomic E-state index is 4.58. The van der Waals surface area contributed by atoms with Gasteiger partial charge in [-0.1, -0.05) is 39.8 Å². The molecule has 1 nitrogen and oxygen atoms in total. The average Bonchev–Trinajstić information content (AvgIpc) is 2.60. The van der Waals surface area contributed by atoms with Crippen molar-refractivity contribution in [2.45, 2.75) is 39.5 Å². The van der Waals surface area contributed by atoms with Crippen LogP contribution in [0.15, 0.2) is 18.2 Å². The number of hydrogen-bond acceptors (Lipinski definition) is 2. The minimum absolute atomic E-state index is 0.513. The van der Waals surface area contributed by atoms with Gasteiger partial charge in [0.05, 0.1) is 10.4 Å². The van der Waals surface area contributed by atoms with E-state index in [-0.39, 0.29) is 0 Å². The average molecular weight is 219 g/mol. The highest BCUT2D eigenvalue weighted by Crippen LogP contribution is 2.33. The predicted octanol–water partition coefficient (Wildman–Crippen LogP) is 4.54. The van der Waals surface area contributed by atoms with Gasteiger partial charge in [-0.2, -0.15) is 4.37 Å². The fraction of sp³-hybridized carbons (Fsp3) is 0.462. The lowest BCUT2D eigenvalue weighted by molar-refractivity contribution is 0.837. The smallest absolute Gasteiger partial charge is 0.0649 e. The highest BCUT2D eigenvalue weighted by molar-refractivity contribution is 7.13. The molecule has 0 aliphatic heterocycles. The Labute approximate surface area is 95.3 Å². The van der Waals surface area contributed by atoms with E-state index in [4.69, 9.17) is 0 Å². The Morgan fingerprint density at radius 2 is 1.80 bits per heavy atom. The van der Waals surface area contributed by atoms with Crippen LogP contribution < -0.4 is 0 Å². The molecule has 0 aliphatic rings. The van der Waals surface area contributed by atoms with E-state index in [0.29, 0.717) is 11.8 Å². The standard InChI is InChI=1S/C13H17NS/c1-8(2)10-6-5-7-11-12(10)13(9(3)4)14-15-11/h5-9H,1-4H3. The summed E-state index contributed by atoms with van der Waals surface area (Å²) in [6.45, 7) is 8.92. The van der Waals surface area contributed by atoms with Gasteiger partial charge in [-0.3, -0.25) is 0 Å². The molecular weight excluding hydrogens is 202 g/mol. The first kappa shape index (κ1) is 10.6. The quantitative estimate of drug-likeness (QED) is 0.722. The van der Waals surface area contributed by atoms with E-state index < -0.39 is 0 Å². The predicted molar refractivity (Wildman–Crippen MR) is 67.8 cm³/mol. The van der Waals surface area contributed by atoms with Crippen molar-refractivity contribution < 1.29 is 0 Å². The Hall–Kier alpha value is -0.890. The zero-order valence-corrected chi connectivity index (χ0v) is 10.6. The van der Waals surface area contributed by atoms with E-state index in [2.05, 4.69) is 50.3 Å². The van der Waals surface area contributed by atoms with Gasteiger partial charge in [0.2, 0.25) is 0 Å². The van der Waals surface area contributed by atoms with Gasteiger partial charge in [-0.15, -0.1) is 0 Å². The minimum atomic E-state index is 0.513. The zero-order valence-electron chi connectivity index (χ0n) is 9.74. The number of rotatable bonds is 2. The Morgan fingerprint density at radius 3 is 2.40 bits per heavy atom. The zero-order chi connectivity index (χ0) is 11.0. The Kier molecular flexibility index (Phi) is 2.79. The third-order valence-corrected chi connectivity index (χ3v) is 3.55. The number of fused-ring (bicyclic) bond motifs is 1. The van der Waals surface area contributed by atoms with Crippen molar-refractivity contribution in [1.29, 1.82) is 0 Å². The van der Waals surface area contributed by atoms with E-state index in [9.17, 15) is 0 Å². The molecule has 0 saturated heterocycles. The summed E-state index contributed by atoms with van der Waals surface area (Å²) in [5, 5.41) is 1.40. The van der Waals surface area contributed by atoms with Crippen LogP contribution in [0.3, 0.4) is 0 Å². The van der Waals surface area contributed by atoms with Crippen LogP contribution in [0.25, 0.3) is 10.1 Å². The van der Waals surface area contributed by atoms with E-state index in [1.807, 2.05) is 0 Å². The number of hydrogen-bond donors (Lipinski definition) is 0. The lowest BCUT2D eigenvalue weighted by atomic mass is 9.95. The second-order valence-corrected chi connectivity index (χ2v) is 5.40. The lowest BCUT2D eigenvalue weighted by Gasteiger charge is -2.09. The first-order valence-electron chi connectivity index (χ1n) is 5.49. The third-order valence-electron chi connectivity index (χ3n) is 2.73. The van der Waals surface area contributed by atoms with Crippen LogP contribution in [0.4, 0.5) is 0 Å². The molecule has 0 radical (unpaired) electrons. The van der Waals surface area contributed by atoms with Crippen LogP contribution in [-0.2, 0) is 0 Å². The number of nitrogens with zero attached hydrogens (tertiary/aromatic N) is 1. The van der Waals surface area contributed by atoms with Gasteiger partial charge in [-0.05, 0) is 35.0 Å². The minimum Gasteiger partial charge on any atom is -0.196 e. The first-order valence-corrected chi connectivity index (χ1v) is 6.26. The van der Waals surface area contributed by atoms with Crippen LogP contribution in [0.5, 0.6) is 0 Å². The molecule has 1 aromatic carbocycles. The molecule has 2 heteroatoms. The van der Waals surface area contributed by atoms with Crippen molar-refractivity contribution in [3.05, 3.63) is 29.5 Å². The molecule has 0 saturated carbocycles. The molecule has 0 amide bonds. The van der Waals surface area contributed by atoms with Gasteiger partial charge in [-0.25, -0.2) is 0 Å². The molecule has 15 heavy (non-hydrogen) atoms. The fourth-order valence-corrected chi connectivity index (χ4v) is 2.87. The summed E-state index contributed by atoms with van der Waals surface area (Å²) in [6.07, 6.45) is 0. The summed E-state index contributed by atoms with van der Waals surface area (Å²) >= 11 is 1.62. The van der Waals surface area contributed by atoms with Crippen LogP contribution in [-0.4, -0.2) is 4.37 Å². The second-order valence-electron chi connectivity index (χ2n) is 4.60. The van der Waals surface area contributed by atoms with Crippen molar-refractivity contribution in [2.24, 2.45) is 0 Å². The molecule has 80 valence electrons. The highest BCUT2D eigenvalue weighted by atomic mass is 32.1. The summed E-state index contributed by atoms with van der Waals surface area (Å²) in [7, 11) is 0. The van der Waals surface area contributed by atoms with E-state index in [1.165, 1.54) is 21.3 Å². The number of benzene rings is 1. The van der Waals surface area contributed by atoms with Crippen molar-refractivity contribution in [2.75, 3.05) is 0 Å². The van der Waals surface area contributed by atoms with Gasteiger partial charge in [0.15, 0.2) is 0 Å². The van der Waals surface area contributed by atoms with Crippen LogP contribution >= 0.6 is 11.5 Å². The van der Waals surface area contributed by atoms with Gasteiger partial charge < -0.3 is 0 Å². The molecular formula is C13H17NS. The topological polar surface area (TPSA) is 12.9 Å². The van der Waals surface area contributed by atoms with E-state index in [1.54, 1.807) is 11.5 Å². The first-order chi connectivity index (χ1) is 7.11. The lowest BCUT2D eigenvalue weighted by Crippen LogP contribution is -1.93. The highest BCUT2D eigenvalue weighted by Gasteiger charge is 2.14. The van der Waals surface area contributed by atoms with Gasteiger partial charge in [0, 0.05) is 5.39 Å². The SMILES string of the molecule is CC(C)c1cccc2snc(C(C)C)c12. The summed E-state index contributed by atoms with van der Waals surface area (Å²) in [5.41, 5.74) is 2.70. The molecule has 1 heterocycles. The van der Waals surface area contributed by atoms with Gasteiger partial charge in [0.1, 0.15) is 0 Å². The molecule has 0 unspecified atom stereocenters. The van der Waals surface area contributed by atoms with Crippen molar-refractivity contribution >= 4 is 21.6 Å². The summed E-state index contributed by atoms with van der Waals surface area (Å²) in [4.78, 5) is 0. The molecule has 0 fully saturated rings. The van der Waals surface area contributed by atoms with E-state index in [0.717, 1.165) is 0 Å². The molecule has 2 aromatic rings. The normalized spacial score (nSPS) is 11.9. The van der Waals surface area contributed by atoms with Gasteiger partial charge >= 0.3 is 0 Å². The van der Waals surface area contributed by atoms with Crippen molar-refractivity contribution in [3.8, 4) is 0 Å². The molecule has 2 rings (SSSR count). The third kappa shape index (κ3) is 1.78. The summed E-state index contributed by atoms with van der Waals surface area (Å²) in [6, 6.07) is 6.54. The van der Waals surface area contributed by atoms with Gasteiger partial charge in [0.25, 0.3) is 0 Å². The van der Waals surface area contributed by atoms with Crippen LogP contribution in [0, 0.1) is 0 Å². The molecule has 0 N–H and O–H groups in total. The van der Waals surface area contributed by atoms with Crippen LogP contribution in [0.1, 0.15) is 50.8 Å². The number of aromatic nitrogens is 1. The monoisotopic (exact) mass is 219 g/mol. The largest absolute Gasteiger partial charge is 0.196 e. The van der Waals surface area contributed by atoms with Crippen molar-refractivity contribution in [3.63, 3.8) is 0 Å². The molecule has 0 aliphatic carbocycles. The maximum absolute atomic E-state index is 4.58. The Bertz CT molecular complexity index is 468. The summed E-state index contributed by atoms with van der Waals surface area (Å²) < 4.78 is 5.90. The fourth-order valence-electron chi connectivity index (χ4n) is 1.92. The molecule has 0 spiro atoms. The van der Waals surface area contributed by atoms with Crippen LogP contribution in [0.2, 0.25) is 0 Å².